The quantitative estimate of drug-likeness (QED) is 0.717. The van der Waals surface area contributed by atoms with E-state index < -0.39 is 12.2 Å². The van der Waals surface area contributed by atoms with Crippen molar-refractivity contribution in [2.45, 2.75) is 12.1 Å². The van der Waals surface area contributed by atoms with Crippen LogP contribution in [0.3, 0.4) is 0 Å². The van der Waals surface area contributed by atoms with E-state index in [-0.39, 0.29) is 6.04 Å². The lowest BCUT2D eigenvalue weighted by molar-refractivity contribution is 0.132. The number of pyridine rings is 1. The van der Waals surface area contributed by atoms with E-state index >= 15 is 0 Å². The molecule has 1 aliphatic rings. The molecular weight excluding hydrogens is 324 g/mol. The number of alkyl carbamates (subject to hydrolysis) is 1. The van der Waals surface area contributed by atoms with Crippen molar-refractivity contribution in [1.82, 2.24) is 10.3 Å². The number of carbonyl (C=O) groups is 1. The van der Waals surface area contributed by atoms with Gasteiger partial charge in [-0.1, -0.05) is 48.2 Å². The lowest BCUT2D eigenvalue weighted by Gasteiger charge is -2.17. The predicted octanol–water partition coefficient (Wildman–Crippen LogP) is 4.00. The van der Waals surface area contributed by atoms with E-state index in [1.807, 2.05) is 66.7 Å². The van der Waals surface area contributed by atoms with Crippen LogP contribution in [0, 0.1) is 11.8 Å². The lowest BCUT2D eigenvalue weighted by atomic mass is 9.96. The summed E-state index contributed by atoms with van der Waals surface area (Å²) in [5, 5.41) is 2.88. The number of hydrogen-bond acceptors (Lipinski definition) is 3. The molecule has 1 saturated heterocycles. The minimum absolute atomic E-state index is 0.273. The molecule has 126 valence electrons. The Morgan fingerprint density at radius 1 is 0.885 bits per heavy atom. The second kappa shape index (κ2) is 7.12. The van der Waals surface area contributed by atoms with Crippen LogP contribution < -0.4 is 5.32 Å². The van der Waals surface area contributed by atoms with E-state index in [0.717, 1.165) is 22.3 Å². The van der Waals surface area contributed by atoms with E-state index in [9.17, 15) is 4.79 Å². The van der Waals surface area contributed by atoms with E-state index in [0.29, 0.717) is 0 Å². The first kappa shape index (κ1) is 15.9. The fourth-order valence-electron chi connectivity index (χ4n) is 2.96. The summed E-state index contributed by atoms with van der Waals surface area (Å²) in [6.07, 6.45) is 2.58. The maximum absolute atomic E-state index is 11.8. The molecule has 1 aromatic heterocycles. The van der Waals surface area contributed by atoms with Crippen LogP contribution in [0.15, 0.2) is 79.1 Å². The summed E-state index contributed by atoms with van der Waals surface area (Å²) < 4.78 is 5.46. The molecule has 1 fully saturated rings. The van der Waals surface area contributed by atoms with Crippen molar-refractivity contribution in [3.63, 3.8) is 0 Å². The first-order valence-corrected chi connectivity index (χ1v) is 8.34. The van der Waals surface area contributed by atoms with Gasteiger partial charge in [0, 0.05) is 29.1 Å². The average molecular weight is 340 g/mol. The number of carbonyl (C=O) groups excluding carboxylic acids is 1. The molecule has 0 saturated carbocycles. The van der Waals surface area contributed by atoms with Gasteiger partial charge >= 0.3 is 6.09 Å². The minimum Gasteiger partial charge on any atom is -0.439 e. The first-order valence-electron chi connectivity index (χ1n) is 8.34. The standard InChI is InChI=1S/C22H16N2O2/c25-22-24-20(21(26-22)19-10-5-13-23-15-19)18-9-4-8-17(14-18)12-11-16-6-2-1-3-7-16/h1-10,13-15,20-21H,(H,24,25)/t20-,21?/m1/s1. The highest BCUT2D eigenvalue weighted by Crippen LogP contribution is 2.36. The molecule has 1 amide bonds. The Hall–Kier alpha value is -3.58. The lowest BCUT2D eigenvalue weighted by Crippen LogP contribution is -2.19. The van der Waals surface area contributed by atoms with Crippen LogP contribution in [0.2, 0.25) is 0 Å². The largest absolute Gasteiger partial charge is 0.439 e. The molecule has 2 aromatic carbocycles. The maximum Gasteiger partial charge on any atom is 0.408 e. The number of ether oxygens (including phenoxy) is 1. The van der Waals surface area contributed by atoms with Crippen LogP contribution in [0.25, 0.3) is 0 Å². The van der Waals surface area contributed by atoms with Crippen molar-refractivity contribution >= 4 is 6.09 Å². The number of nitrogens with one attached hydrogen (secondary N) is 1. The zero-order valence-corrected chi connectivity index (χ0v) is 13.9. The minimum atomic E-state index is -0.426. The second-order valence-corrected chi connectivity index (χ2v) is 5.98. The van der Waals surface area contributed by atoms with E-state index in [4.69, 9.17) is 4.74 Å². The Kier molecular flexibility index (Phi) is 4.36. The Bertz CT molecular complexity index is 975. The fraction of sp³-hybridized carbons (Fsp3) is 0.0909. The van der Waals surface area contributed by atoms with Crippen molar-refractivity contribution in [1.29, 1.82) is 0 Å². The summed E-state index contributed by atoms with van der Waals surface area (Å²) in [4.78, 5) is 15.9. The summed E-state index contributed by atoms with van der Waals surface area (Å²) in [6.45, 7) is 0. The Labute approximate surface area is 151 Å². The van der Waals surface area contributed by atoms with Crippen molar-refractivity contribution in [3.05, 3.63) is 101 Å². The van der Waals surface area contributed by atoms with Crippen molar-refractivity contribution < 1.29 is 9.53 Å². The summed E-state index contributed by atoms with van der Waals surface area (Å²) in [7, 11) is 0. The van der Waals surface area contributed by atoms with Gasteiger partial charge in [-0.05, 0) is 35.9 Å². The molecule has 4 rings (SSSR count). The third kappa shape index (κ3) is 3.42. The van der Waals surface area contributed by atoms with Gasteiger partial charge in [-0.3, -0.25) is 4.98 Å². The smallest absolute Gasteiger partial charge is 0.408 e. The van der Waals surface area contributed by atoms with Gasteiger partial charge in [-0.15, -0.1) is 0 Å². The van der Waals surface area contributed by atoms with Crippen molar-refractivity contribution in [2.75, 3.05) is 0 Å². The maximum atomic E-state index is 11.8. The van der Waals surface area contributed by atoms with Gasteiger partial charge in [0.1, 0.15) is 0 Å². The predicted molar refractivity (Wildman–Crippen MR) is 98.2 cm³/mol. The molecular formula is C22H16N2O2. The number of nitrogens with zero attached hydrogens (tertiary/aromatic N) is 1. The van der Waals surface area contributed by atoms with Crippen LogP contribution in [0.5, 0.6) is 0 Å². The summed E-state index contributed by atoms with van der Waals surface area (Å²) in [5.41, 5.74) is 3.65. The molecule has 3 aromatic rings. The average Bonchev–Trinajstić information content (AvgIpc) is 3.10. The zero-order valence-electron chi connectivity index (χ0n) is 13.9. The molecule has 1 N–H and O–H groups in total. The van der Waals surface area contributed by atoms with E-state index in [1.165, 1.54) is 0 Å². The molecule has 0 spiro atoms. The topological polar surface area (TPSA) is 51.2 Å². The molecule has 4 heteroatoms. The highest BCUT2D eigenvalue weighted by Gasteiger charge is 2.36. The fourth-order valence-corrected chi connectivity index (χ4v) is 2.96. The molecule has 26 heavy (non-hydrogen) atoms. The van der Waals surface area contributed by atoms with Crippen LogP contribution in [-0.4, -0.2) is 11.1 Å². The molecule has 4 nitrogen and oxygen atoms in total. The molecule has 2 atom stereocenters. The monoisotopic (exact) mass is 340 g/mol. The molecule has 2 heterocycles. The molecule has 1 unspecified atom stereocenters. The third-order valence-corrected chi connectivity index (χ3v) is 4.19. The third-order valence-electron chi connectivity index (χ3n) is 4.19. The van der Waals surface area contributed by atoms with Gasteiger partial charge in [-0.2, -0.15) is 0 Å². The van der Waals surface area contributed by atoms with Crippen LogP contribution in [0.1, 0.15) is 34.4 Å². The van der Waals surface area contributed by atoms with Crippen molar-refractivity contribution in [3.8, 4) is 11.8 Å². The summed E-state index contributed by atoms with van der Waals surface area (Å²) in [5.74, 6) is 6.33. The highest BCUT2D eigenvalue weighted by molar-refractivity contribution is 5.71. The second-order valence-electron chi connectivity index (χ2n) is 5.98. The SMILES string of the molecule is O=C1N[C@H](c2cccc(C#Cc3ccccc3)c2)C(c2cccnc2)O1. The van der Waals surface area contributed by atoms with Gasteiger partial charge < -0.3 is 10.1 Å². The number of amides is 1. The zero-order chi connectivity index (χ0) is 17.8. The number of benzene rings is 2. The number of aromatic nitrogens is 1. The number of hydrogen-bond donors (Lipinski definition) is 1. The van der Waals surface area contributed by atoms with E-state index in [1.54, 1.807) is 12.4 Å². The van der Waals surface area contributed by atoms with Gasteiger partial charge in [0.2, 0.25) is 0 Å². The van der Waals surface area contributed by atoms with Gasteiger partial charge in [0.25, 0.3) is 0 Å². The Morgan fingerprint density at radius 3 is 2.46 bits per heavy atom. The molecule has 1 aliphatic heterocycles. The number of rotatable bonds is 2. The molecule has 0 radical (unpaired) electrons. The molecule has 0 aliphatic carbocycles. The highest BCUT2D eigenvalue weighted by atomic mass is 16.6. The van der Waals surface area contributed by atoms with Crippen LogP contribution in [-0.2, 0) is 4.74 Å². The van der Waals surface area contributed by atoms with Gasteiger partial charge in [0.15, 0.2) is 6.10 Å². The van der Waals surface area contributed by atoms with Gasteiger partial charge in [0.05, 0.1) is 6.04 Å². The van der Waals surface area contributed by atoms with Crippen LogP contribution in [0.4, 0.5) is 4.79 Å². The normalized spacial score (nSPS) is 18.4. The first-order chi connectivity index (χ1) is 12.8. The van der Waals surface area contributed by atoms with Crippen LogP contribution >= 0.6 is 0 Å². The van der Waals surface area contributed by atoms with Crippen molar-refractivity contribution in [2.24, 2.45) is 0 Å². The number of cyclic esters (lactones) is 1. The van der Waals surface area contributed by atoms with Gasteiger partial charge in [-0.25, -0.2) is 4.79 Å². The Morgan fingerprint density at radius 2 is 1.65 bits per heavy atom. The summed E-state index contributed by atoms with van der Waals surface area (Å²) in [6, 6.07) is 21.2. The Balaban J connectivity index is 1.63. The van der Waals surface area contributed by atoms with E-state index in [2.05, 4.69) is 22.1 Å². The molecule has 0 bridgehead atoms. The summed E-state index contributed by atoms with van der Waals surface area (Å²) >= 11 is 0.